The molecule has 0 unspecified atom stereocenters. The van der Waals surface area contributed by atoms with Crippen molar-refractivity contribution in [3.63, 3.8) is 0 Å². The van der Waals surface area contributed by atoms with Crippen LogP contribution in [-0.2, 0) is 10.0 Å². The first-order chi connectivity index (χ1) is 14.3. The third-order valence-electron chi connectivity index (χ3n) is 4.73. The lowest BCUT2D eigenvalue weighted by molar-refractivity contribution is 0.0939. The molecule has 0 aliphatic rings. The molecule has 0 saturated carbocycles. The number of hydrogen-bond donors (Lipinski definition) is 2. The van der Waals surface area contributed by atoms with E-state index in [4.69, 9.17) is 0 Å². The van der Waals surface area contributed by atoms with Gasteiger partial charge in [-0.05, 0) is 73.0 Å². The van der Waals surface area contributed by atoms with Crippen molar-refractivity contribution in [1.82, 2.24) is 5.32 Å². The second-order valence-corrected chi connectivity index (χ2v) is 8.68. The number of sulfonamides is 1. The van der Waals surface area contributed by atoms with Gasteiger partial charge in [0, 0.05) is 17.3 Å². The number of carbonyl (C=O) groups excluding carboxylic acids is 1. The molecule has 0 aliphatic carbocycles. The zero-order valence-electron chi connectivity index (χ0n) is 16.7. The van der Waals surface area contributed by atoms with E-state index < -0.39 is 10.0 Å². The van der Waals surface area contributed by atoms with Crippen molar-refractivity contribution in [3.8, 4) is 11.1 Å². The maximum atomic E-state index is 13.1. The molecule has 3 aromatic rings. The number of hydrogen-bond acceptors (Lipinski definition) is 3. The van der Waals surface area contributed by atoms with Crippen LogP contribution in [0.25, 0.3) is 11.1 Å². The predicted molar refractivity (Wildman–Crippen MR) is 116 cm³/mol. The van der Waals surface area contributed by atoms with E-state index >= 15 is 0 Å². The number of carbonyl (C=O) groups is 1. The minimum atomic E-state index is -3.79. The lowest BCUT2D eigenvalue weighted by Gasteiger charge is -2.12. The fourth-order valence-electron chi connectivity index (χ4n) is 2.78. The molecule has 1 atom stereocenters. The van der Waals surface area contributed by atoms with E-state index in [1.165, 1.54) is 24.3 Å². The lowest BCUT2D eigenvalue weighted by atomic mass is 10.1. The van der Waals surface area contributed by atoms with Crippen LogP contribution in [0.3, 0.4) is 0 Å². The fourth-order valence-corrected chi connectivity index (χ4v) is 3.84. The van der Waals surface area contributed by atoms with Crippen LogP contribution in [0.4, 0.5) is 10.1 Å². The first kappa shape index (κ1) is 21.5. The van der Waals surface area contributed by atoms with E-state index in [0.29, 0.717) is 11.3 Å². The van der Waals surface area contributed by atoms with E-state index in [0.717, 1.165) is 17.5 Å². The molecule has 0 saturated heterocycles. The Hall–Kier alpha value is -3.19. The van der Waals surface area contributed by atoms with Crippen molar-refractivity contribution < 1.29 is 17.6 Å². The Kier molecular flexibility index (Phi) is 6.52. The number of rotatable bonds is 7. The summed E-state index contributed by atoms with van der Waals surface area (Å²) in [6.07, 6.45) is 0.823. The van der Waals surface area contributed by atoms with Crippen LogP contribution in [0.2, 0.25) is 0 Å². The highest BCUT2D eigenvalue weighted by Gasteiger charge is 2.15. The van der Waals surface area contributed by atoms with Gasteiger partial charge < -0.3 is 5.32 Å². The van der Waals surface area contributed by atoms with Crippen LogP contribution < -0.4 is 10.0 Å². The molecule has 156 valence electrons. The monoisotopic (exact) mass is 426 g/mol. The summed E-state index contributed by atoms with van der Waals surface area (Å²) in [6.45, 7) is 3.90. The highest BCUT2D eigenvalue weighted by molar-refractivity contribution is 7.92. The van der Waals surface area contributed by atoms with E-state index in [2.05, 4.69) is 10.0 Å². The van der Waals surface area contributed by atoms with Gasteiger partial charge in [0.15, 0.2) is 0 Å². The van der Waals surface area contributed by atoms with Gasteiger partial charge in [-0.3, -0.25) is 9.52 Å². The molecular formula is C23H23FN2O3S. The van der Waals surface area contributed by atoms with Crippen molar-refractivity contribution in [2.75, 3.05) is 4.72 Å². The van der Waals surface area contributed by atoms with E-state index in [-0.39, 0.29) is 22.7 Å². The maximum absolute atomic E-state index is 13.1. The van der Waals surface area contributed by atoms with Crippen LogP contribution in [0, 0.1) is 5.82 Å². The second kappa shape index (κ2) is 9.09. The standard InChI is InChI=1S/C23H23FN2O3S/c1-3-16(2)25-23(27)19-6-12-21(13-7-19)26-30(28,29)22-14-8-18(9-15-22)17-4-10-20(24)11-5-17/h4-16,26H,3H2,1-2H3,(H,25,27)/t16-/m1/s1. The average Bonchev–Trinajstić information content (AvgIpc) is 2.74. The highest BCUT2D eigenvalue weighted by Crippen LogP contribution is 2.23. The fraction of sp³-hybridized carbons (Fsp3) is 0.174. The summed E-state index contributed by atoms with van der Waals surface area (Å²) in [6, 6.07) is 18.6. The van der Waals surface area contributed by atoms with Gasteiger partial charge in [0.1, 0.15) is 5.82 Å². The first-order valence-corrected chi connectivity index (χ1v) is 11.1. The number of nitrogens with one attached hydrogen (secondary N) is 2. The minimum Gasteiger partial charge on any atom is -0.350 e. The van der Waals surface area contributed by atoms with Gasteiger partial charge in [0.05, 0.1) is 4.90 Å². The highest BCUT2D eigenvalue weighted by atomic mass is 32.2. The molecular weight excluding hydrogens is 403 g/mol. The SMILES string of the molecule is CC[C@@H](C)NC(=O)c1ccc(NS(=O)(=O)c2ccc(-c3ccc(F)cc3)cc2)cc1. The van der Waals surface area contributed by atoms with Crippen LogP contribution >= 0.6 is 0 Å². The lowest BCUT2D eigenvalue weighted by Crippen LogP contribution is -2.31. The molecule has 0 spiro atoms. The molecule has 0 heterocycles. The molecule has 0 bridgehead atoms. The quantitative estimate of drug-likeness (QED) is 0.569. The topological polar surface area (TPSA) is 75.3 Å². The van der Waals surface area contributed by atoms with E-state index in [1.807, 2.05) is 13.8 Å². The molecule has 1 amide bonds. The normalized spacial score (nSPS) is 12.2. The van der Waals surface area contributed by atoms with Crippen molar-refractivity contribution in [3.05, 3.63) is 84.2 Å². The van der Waals surface area contributed by atoms with Gasteiger partial charge in [0.25, 0.3) is 15.9 Å². The van der Waals surface area contributed by atoms with Crippen LogP contribution in [0.1, 0.15) is 30.6 Å². The van der Waals surface area contributed by atoms with Crippen LogP contribution in [0.5, 0.6) is 0 Å². The van der Waals surface area contributed by atoms with E-state index in [9.17, 15) is 17.6 Å². The third-order valence-corrected chi connectivity index (χ3v) is 6.13. The van der Waals surface area contributed by atoms with Crippen molar-refractivity contribution >= 4 is 21.6 Å². The van der Waals surface area contributed by atoms with Crippen molar-refractivity contribution in [1.29, 1.82) is 0 Å². The summed E-state index contributed by atoms with van der Waals surface area (Å²) in [5.74, 6) is -0.527. The summed E-state index contributed by atoms with van der Waals surface area (Å²) >= 11 is 0. The largest absolute Gasteiger partial charge is 0.350 e. The molecule has 0 fully saturated rings. The van der Waals surface area contributed by atoms with Gasteiger partial charge in [-0.15, -0.1) is 0 Å². The smallest absolute Gasteiger partial charge is 0.261 e. The predicted octanol–water partition coefficient (Wildman–Crippen LogP) is 4.82. The minimum absolute atomic E-state index is 0.0635. The Bertz CT molecular complexity index is 1110. The second-order valence-electron chi connectivity index (χ2n) is 7.00. The van der Waals surface area contributed by atoms with Crippen molar-refractivity contribution in [2.45, 2.75) is 31.2 Å². The Morgan fingerprint density at radius 3 is 1.97 bits per heavy atom. The van der Waals surface area contributed by atoms with Gasteiger partial charge in [-0.1, -0.05) is 31.2 Å². The zero-order valence-corrected chi connectivity index (χ0v) is 17.5. The Morgan fingerprint density at radius 2 is 1.43 bits per heavy atom. The molecule has 3 rings (SSSR count). The molecule has 0 radical (unpaired) electrons. The van der Waals surface area contributed by atoms with Gasteiger partial charge in [-0.25, -0.2) is 12.8 Å². The molecule has 3 aromatic carbocycles. The Balaban J connectivity index is 1.71. The maximum Gasteiger partial charge on any atom is 0.261 e. The number of anilines is 1. The van der Waals surface area contributed by atoms with Gasteiger partial charge >= 0.3 is 0 Å². The summed E-state index contributed by atoms with van der Waals surface area (Å²) in [7, 11) is -3.79. The van der Waals surface area contributed by atoms with Crippen LogP contribution in [0.15, 0.2) is 77.7 Å². The first-order valence-electron chi connectivity index (χ1n) is 9.58. The van der Waals surface area contributed by atoms with Gasteiger partial charge in [-0.2, -0.15) is 0 Å². The summed E-state index contributed by atoms with van der Waals surface area (Å²) in [5.41, 5.74) is 2.39. The number of amides is 1. The summed E-state index contributed by atoms with van der Waals surface area (Å²) < 4.78 is 40.9. The summed E-state index contributed by atoms with van der Waals surface area (Å²) in [5, 5.41) is 2.86. The van der Waals surface area contributed by atoms with Gasteiger partial charge in [0.2, 0.25) is 0 Å². The molecule has 5 nitrogen and oxygen atoms in total. The Morgan fingerprint density at radius 1 is 0.900 bits per heavy atom. The third kappa shape index (κ3) is 5.24. The number of benzene rings is 3. The molecule has 0 aromatic heterocycles. The molecule has 0 aliphatic heterocycles. The van der Waals surface area contributed by atoms with Crippen LogP contribution in [-0.4, -0.2) is 20.4 Å². The van der Waals surface area contributed by atoms with E-state index in [1.54, 1.807) is 48.5 Å². The zero-order chi connectivity index (χ0) is 21.7. The molecule has 2 N–H and O–H groups in total. The Labute approximate surface area is 176 Å². The number of halogens is 1. The summed E-state index contributed by atoms with van der Waals surface area (Å²) in [4.78, 5) is 12.2. The molecule has 30 heavy (non-hydrogen) atoms. The average molecular weight is 427 g/mol. The molecule has 7 heteroatoms. The van der Waals surface area contributed by atoms with Crippen molar-refractivity contribution in [2.24, 2.45) is 0 Å².